The summed E-state index contributed by atoms with van der Waals surface area (Å²) in [5.41, 5.74) is 5.03. The van der Waals surface area contributed by atoms with Gasteiger partial charge < -0.3 is 5.11 Å². The number of amides is 1. The molecule has 34 heavy (non-hydrogen) atoms. The molecule has 0 spiro atoms. The quantitative estimate of drug-likeness (QED) is 0.279. The standard InChI is InChI=1S/C27H36N2O5/c1-3-34-28-25(31)17-10-5-4-9-16-24(30)19-21-12-11-13-22(18-21)20-29(2)26(27(32)33)23-14-7-6-8-15-23/h6-8,11-15,18,26H,3-5,9-10,16-17,19-20H2,1-2H3,(H,28,31)(H,32,33)/t26-/m0/s1. The summed E-state index contributed by atoms with van der Waals surface area (Å²) in [5.74, 6) is -0.816. The number of rotatable bonds is 16. The number of Topliss-reactive ketones (excluding diaryl/α,β-unsaturated/α-hetero) is 1. The average Bonchev–Trinajstić information content (AvgIpc) is 2.80. The molecule has 0 aliphatic carbocycles. The van der Waals surface area contributed by atoms with Crippen LogP contribution in [0.3, 0.4) is 0 Å². The molecule has 2 N–H and O–H groups in total. The second-order valence-electron chi connectivity index (χ2n) is 8.47. The lowest BCUT2D eigenvalue weighted by Gasteiger charge is -2.25. The normalized spacial score (nSPS) is 11.9. The lowest BCUT2D eigenvalue weighted by atomic mass is 10.0. The highest BCUT2D eigenvalue weighted by Gasteiger charge is 2.24. The minimum atomic E-state index is -0.894. The molecule has 2 rings (SSSR count). The minimum Gasteiger partial charge on any atom is -0.480 e. The zero-order valence-corrected chi connectivity index (χ0v) is 20.2. The molecule has 0 aromatic heterocycles. The minimum absolute atomic E-state index is 0.109. The number of carbonyl (C=O) groups is 3. The first-order valence-electron chi connectivity index (χ1n) is 11.9. The summed E-state index contributed by atoms with van der Waals surface area (Å²) in [6.45, 7) is 2.72. The van der Waals surface area contributed by atoms with E-state index >= 15 is 0 Å². The van der Waals surface area contributed by atoms with Gasteiger partial charge in [-0.25, -0.2) is 5.48 Å². The van der Waals surface area contributed by atoms with Crippen LogP contribution in [0.4, 0.5) is 0 Å². The summed E-state index contributed by atoms with van der Waals surface area (Å²) >= 11 is 0. The second kappa shape index (κ2) is 15.0. The molecule has 0 fully saturated rings. The fourth-order valence-corrected chi connectivity index (χ4v) is 3.92. The zero-order chi connectivity index (χ0) is 24.8. The molecule has 0 heterocycles. The predicted molar refractivity (Wildman–Crippen MR) is 131 cm³/mol. The topological polar surface area (TPSA) is 95.9 Å². The van der Waals surface area contributed by atoms with Crippen molar-refractivity contribution >= 4 is 17.7 Å². The van der Waals surface area contributed by atoms with Gasteiger partial charge in [0.2, 0.25) is 5.91 Å². The van der Waals surface area contributed by atoms with E-state index in [2.05, 4.69) is 5.48 Å². The Bertz CT molecular complexity index is 916. The highest BCUT2D eigenvalue weighted by atomic mass is 16.6. The molecule has 1 amide bonds. The number of aliphatic carboxylic acids is 1. The Morgan fingerprint density at radius 2 is 1.62 bits per heavy atom. The number of carbonyl (C=O) groups excluding carboxylic acids is 2. The molecule has 0 aliphatic heterocycles. The lowest BCUT2D eigenvalue weighted by Crippen LogP contribution is -2.30. The first kappa shape index (κ1) is 27.2. The molecule has 0 bridgehead atoms. The van der Waals surface area contributed by atoms with Crippen molar-refractivity contribution in [3.05, 3.63) is 71.3 Å². The van der Waals surface area contributed by atoms with Crippen molar-refractivity contribution in [1.82, 2.24) is 10.4 Å². The number of ketones is 1. The third-order valence-corrected chi connectivity index (χ3v) is 5.55. The van der Waals surface area contributed by atoms with Crippen LogP contribution in [0.2, 0.25) is 0 Å². The summed E-state index contributed by atoms with van der Waals surface area (Å²) in [5, 5.41) is 9.73. The van der Waals surface area contributed by atoms with Crippen LogP contribution in [0, 0.1) is 0 Å². The molecule has 0 unspecified atom stereocenters. The van der Waals surface area contributed by atoms with Crippen LogP contribution in [-0.2, 0) is 32.2 Å². The Labute approximate surface area is 202 Å². The van der Waals surface area contributed by atoms with Crippen LogP contribution in [-0.4, -0.2) is 41.3 Å². The Balaban J connectivity index is 1.77. The molecule has 2 aromatic carbocycles. The first-order valence-corrected chi connectivity index (χ1v) is 11.9. The monoisotopic (exact) mass is 468 g/mol. The van der Waals surface area contributed by atoms with E-state index in [-0.39, 0.29) is 11.7 Å². The van der Waals surface area contributed by atoms with Gasteiger partial charge in [0.1, 0.15) is 11.8 Å². The number of hydrogen-bond acceptors (Lipinski definition) is 5. The molecule has 0 aliphatic rings. The molecule has 0 radical (unpaired) electrons. The van der Waals surface area contributed by atoms with Gasteiger partial charge in [0, 0.05) is 25.8 Å². The Kier molecular flexibility index (Phi) is 12.0. The highest BCUT2D eigenvalue weighted by Crippen LogP contribution is 2.22. The Morgan fingerprint density at radius 3 is 2.29 bits per heavy atom. The van der Waals surface area contributed by atoms with Crippen molar-refractivity contribution in [2.75, 3.05) is 13.7 Å². The summed E-state index contributed by atoms with van der Waals surface area (Å²) in [4.78, 5) is 42.4. The maximum absolute atomic E-state index is 12.4. The van der Waals surface area contributed by atoms with E-state index in [1.54, 1.807) is 11.9 Å². The summed E-state index contributed by atoms with van der Waals surface area (Å²) in [7, 11) is 1.80. The van der Waals surface area contributed by atoms with Gasteiger partial charge >= 0.3 is 5.97 Å². The second-order valence-corrected chi connectivity index (χ2v) is 8.47. The van der Waals surface area contributed by atoms with Crippen molar-refractivity contribution in [2.24, 2.45) is 0 Å². The van der Waals surface area contributed by atoms with Crippen LogP contribution in [0.5, 0.6) is 0 Å². The molecule has 7 heteroatoms. The van der Waals surface area contributed by atoms with Crippen molar-refractivity contribution in [3.8, 4) is 0 Å². The van der Waals surface area contributed by atoms with E-state index in [9.17, 15) is 19.5 Å². The summed E-state index contributed by atoms with van der Waals surface area (Å²) in [6, 6.07) is 16.2. The van der Waals surface area contributed by atoms with Gasteiger partial charge in [0.05, 0.1) is 6.61 Å². The van der Waals surface area contributed by atoms with Crippen molar-refractivity contribution in [3.63, 3.8) is 0 Å². The molecule has 0 saturated heterocycles. The number of carboxylic acids is 1. The Hall–Kier alpha value is -3.03. The molecule has 2 aromatic rings. The maximum Gasteiger partial charge on any atom is 0.325 e. The number of unbranched alkanes of at least 4 members (excludes halogenated alkanes) is 3. The van der Waals surface area contributed by atoms with Crippen LogP contribution in [0.15, 0.2) is 54.6 Å². The number of hydroxylamine groups is 1. The SMILES string of the molecule is CCONC(=O)CCCCCCC(=O)Cc1cccc(CN(C)[C@H](C(=O)O)c2ccccc2)c1. The van der Waals surface area contributed by atoms with E-state index < -0.39 is 12.0 Å². The van der Waals surface area contributed by atoms with Gasteiger partial charge in [-0.2, -0.15) is 0 Å². The van der Waals surface area contributed by atoms with Crippen LogP contribution in [0.25, 0.3) is 0 Å². The molecule has 1 atom stereocenters. The predicted octanol–water partition coefficient (Wildman–Crippen LogP) is 4.46. The van der Waals surface area contributed by atoms with E-state index in [0.29, 0.717) is 32.4 Å². The van der Waals surface area contributed by atoms with Crippen LogP contribution in [0.1, 0.15) is 68.2 Å². The van der Waals surface area contributed by atoms with Crippen LogP contribution >= 0.6 is 0 Å². The average molecular weight is 469 g/mol. The third kappa shape index (κ3) is 9.85. The van der Waals surface area contributed by atoms with Gasteiger partial charge in [0.25, 0.3) is 0 Å². The third-order valence-electron chi connectivity index (χ3n) is 5.55. The van der Waals surface area contributed by atoms with E-state index in [1.807, 2.05) is 61.5 Å². The number of carboxylic acid groups (broad SMARTS) is 1. The van der Waals surface area contributed by atoms with Gasteiger partial charge in [-0.1, -0.05) is 67.4 Å². The van der Waals surface area contributed by atoms with Crippen LogP contribution < -0.4 is 5.48 Å². The number of hydrogen-bond donors (Lipinski definition) is 2. The lowest BCUT2D eigenvalue weighted by molar-refractivity contribution is -0.143. The number of nitrogens with zero attached hydrogens (tertiary/aromatic N) is 1. The van der Waals surface area contributed by atoms with E-state index in [1.165, 1.54) is 0 Å². The number of nitrogens with one attached hydrogen (secondary N) is 1. The first-order chi connectivity index (χ1) is 16.4. The van der Waals surface area contributed by atoms with Gasteiger partial charge in [-0.05, 0) is 43.5 Å². The molecule has 184 valence electrons. The summed E-state index contributed by atoms with van der Waals surface area (Å²) < 4.78 is 0. The van der Waals surface area contributed by atoms with Crippen molar-refractivity contribution in [2.45, 2.75) is 64.5 Å². The number of likely N-dealkylation sites (N-methyl/N-ethyl adjacent to an activating group) is 1. The molecule has 7 nitrogen and oxygen atoms in total. The molecule has 0 saturated carbocycles. The zero-order valence-electron chi connectivity index (χ0n) is 20.2. The van der Waals surface area contributed by atoms with Gasteiger partial charge in [-0.15, -0.1) is 0 Å². The Morgan fingerprint density at radius 1 is 0.941 bits per heavy atom. The fourth-order valence-electron chi connectivity index (χ4n) is 3.92. The van der Waals surface area contributed by atoms with E-state index in [4.69, 9.17) is 4.84 Å². The maximum atomic E-state index is 12.4. The highest BCUT2D eigenvalue weighted by molar-refractivity contribution is 5.80. The van der Waals surface area contributed by atoms with E-state index in [0.717, 1.165) is 42.4 Å². The summed E-state index contributed by atoms with van der Waals surface area (Å²) in [6.07, 6.45) is 4.73. The smallest absolute Gasteiger partial charge is 0.325 e. The molecular weight excluding hydrogens is 432 g/mol. The number of benzene rings is 2. The van der Waals surface area contributed by atoms with Gasteiger partial charge in [0.15, 0.2) is 0 Å². The van der Waals surface area contributed by atoms with Crippen molar-refractivity contribution < 1.29 is 24.3 Å². The van der Waals surface area contributed by atoms with Crippen molar-refractivity contribution in [1.29, 1.82) is 0 Å². The van der Waals surface area contributed by atoms with Gasteiger partial charge in [-0.3, -0.25) is 24.1 Å². The molecular formula is C27H36N2O5. The largest absolute Gasteiger partial charge is 0.480 e. The fraction of sp³-hybridized carbons (Fsp3) is 0.444.